The summed E-state index contributed by atoms with van der Waals surface area (Å²) in [6.07, 6.45) is 1.52. The number of rotatable bonds is 3. The molecule has 1 aromatic rings. The molecule has 0 aromatic heterocycles. The zero-order valence-corrected chi connectivity index (χ0v) is 17.2. The van der Waals surface area contributed by atoms with Gasteiger partial charge in [0.25, 0.3) is 0 Å². The van der Waals surface area contributed by atoms with E-state index in [1.807, 2.05) is 0 Å². The first-order valence-corrected chi connectivity index (χ1v) is 10.8. The first-order chi connectivity index (χ1) is 14.3. The molecule has 2 fully saturated rings. The van der Waals surface area contributed by atoms with Gasteiger partial charge in [0, 0.05) is 32.6 Å². The lowest BCUT2D eigenvalue weighted by atomic mass is 10.1. The smallest absolute Gasteiger partial charge is 0.356 e. The van der Waals surface area contributed by atoms with Crippen molar-refractivity contribution >= 4 is 11.8 Å². The molecule has 0 saturated carbocycles. The van der Waals surface area contributed by atoms with Gasteiger partial charge in [-0.1, -0.05) is 25.0 Å². The van der Waals surface area contributed by atoms with Gasteiger partial charge in [-0.15, -0.1) is 0 Å². The van der Waals surface area contributed by atoms with Gasteiger partial charge in [0.2, 0.25) is 11.8 Å². The molecule has 30 heavy (non-hydrogen) atoms. The van der Waals surface area contributed by atoms with E-state index in [1.165, 1.54) is 12.1 Å². The van der Waals surface area contributed by atoms with Gasteiger partial charge in [-0.25, -0.2) is 0 Å². The van der Waals surface area contributed by atoms with Crippen molar-refractivity contribution in [1.82, 2.24) is 15.1 Å². The van der Waals surface area contributed by atoms with Gasteiger partial charge in [0.05, 0.1) is 11.6 Å². The monoisotopic (exact) mass is 425 g/mol. The first-order valence-electron chi connectivity index (χ1n) is 10.8. The van der Waals surface area contributed by atoms with E-state index in [4.69, 9.17) is 0 Å². The Balaban J connectivity index is 1.63. The van der Waals surface area contributed by atoms with Gasteiger partial charge in [-0.05, 0) is 49.9 Å². The fourth-order valence-electron chi connectivity index (χ4n) is 4.21. The summed E-state index contributed by atoms with van der Waals surface area (Å²) >= 11 is 0. The van der Waals surface area contributed by atoms with Crippen LogP contribution in [0.5, 0.6) is 0 Å². The van der Waals surface area contributed by atoms with E-state index < -0.39 is 11.7 Å². The zero-order valence-electron chi connectivity index (χ0n) is 17.2. The second-order valence-electron chi connectivity index (χ2n) is 8.16. The molecule has 8 heteroatoms. The molecule has 2 amide bonds. The van der Waals surface area contributed by atoms with Gasteiger partial charge in [-0.3, -0.25) is 14.5 Å². The highest BCUT2D eigenvalue weighted by atomic mass is 19.4. The molecular formula is C22H30F3N3O2. The minimum atomic E-state index is -4.35. The number of nitrogens with zero attached hydrogens (tertiary/aromatic N) is 2. The van der Waals surface area contributed by atoms with Crippen molar-refractivity contribution in [1.29, 1.82) is 0 Å². The number of benzene rings is 1. The SMILES string of the molecule is O=C1CCN(C(=O)[C@@H]2CCCN2Cc2ccc(C(F)(F)F)cc2)CCCCCCN1. The van der Waals surface area contributed by atoms with Crippen LogP contribution in [0.1, 0.15) is 56.1 Å². The minimum absolute atomic E-state index is 0.0252. The van der Waals surface area contributed by atoms with E-state index in [1.54, 1.807) is 4.90 Å². The fraction of sp³-hybridized carbons (Fsp3) is 0.636. The van der Waals surface area contributed by atoms with E-state index in [2.05, 4.69) is 10.2 Å². The molecule has 3 rings (SSSR count). The predicted octanol–water partition coefficient (Wildman–Crippen LogP) is 3.58. The number of hydrogen-bond donors (Lipinski definition) is 1. The molecule has 2 saturated heterocycles. The van der Waals surface area contributed by atoms with Crippen LogP contribution in [0.15, 0.2) is 24.3 Å². The quantitative estimate of drug-likeness (QED) is 0.806. The second-order valence-corrected chi connectivity index (χ2v) is 8.16. The lowest BCUT2D eigenvalue weighted by Gasteiger charge is -2.30. The van der Waals surface area contributed by atoms with Crippen molar-refractivity contribution in [2.45, 2.75) is 63.7 Å². The van der Waals surface area contributed by atoms with E-state index in [0.717, 1.165) is 62.8 Å². The molecule has 2 aliphatic rings. The molecule has 0 bridgehead atoms. The number of nitrogens with one attached hydrogen (secondary N) is 1. The molecule has 1 aromatic carbocycles. The largest absolute Gasteiger partial charge is 0.416 e. The van der Waals surface area contributed by atoms with Crippen molar-refractivity contribution in [3.63, 3.8) is 0 Å². The summed E-state index contributed by atoms with van der Waals surface area (Å²) in [7, 11) is 0. The number of carbonyl (C=O) groups is 2. The van der Waals surface area contributed by atoms with Gasteiger partial charge in [0.15, 0.2) is 0 Å². The van der Waals surface area contributed by atoms with Crippen molar-refractivity contribution in [3.8, 4) is 0 Å². The molecule has 2 aliphatic heterocycles. The van der Waals surface area contributed by atoms with Crippen LogP contribution in [0.2, 0.25) is 0 Å². The topological polar surface area (TPSA) is 52.7 Å². The maximum Gasteiger partial charge on any atom is 0.416 e. The van der Waals surface area contributed by atoms with E-state index >= 15 is 0 Å². The van der Waals surface area contributed by atoms with E-state index in [-0.39, 0.29) is 17.9 Å². The van der Waals surface area contributed by atoms with Crippen LogP contribution < -0.4 is 5.32 Å². The van der Waals surface area contributed by atoms with Crippen molar-refractivity contribution in [3.05, 3.63) is 35.4 Å². The highest BCUT2D eigenvalue weighted by Gasteiger charge is 2.34. The summed E-state index contributed by atoms with van der Waals surface area (Å²) in [6, 6.07) is 4.88. The maximum absolute atomic E-state index is 13.2. The third-order valence-electron chi connectivity index (χ3n) is 5.91. The second kappa shape index (κ2) is 10.3. The lowest BCUT2D eigenvalue weighted by Crippen LogP contribution is -2.46. The molecule has 0 unspecified atom stereocenters. The van der Waals surface area contributed by atoms with Crippen LogP contribution in [-0.4, -0.2) is 53.8 Å². The summed E-state index contributed by atoms with van der Waals surface area (Å²) in [5.41, 5.74) is 0.0987. The van der Waals surface area contributed by atoms with Crippen LogP contribution in [0.4, 0.5) is 13.2 Å². The van der Waals surface area contributed by atoms with Crippen molar-refractivity contribution in [2.24, 2.45) is 0 Å². The molecule has 0 spiro atoms. The lowest BCUT2D eigenvalue weighted by molar-refractivity contribution is -0.138. The highest BCUT2D eigenvalue weighted by molar-refractivity contribution is 5.83. The summed E-state index contributed by atoms with van der Waals surface area (Å²) in [6.45, 7) is 2.94. The average molecular weight is 425 g/mol. The van der Waals surface area contributed by atoms with Crippen LogP contribution in [-0.2, 0) is 22.3 Å². The highest BCUT2D eigenvalue weighted by Crippen LogP contribution is 2.30. The van der Waals surface area contributed by atoms with Crippen LogP contribution in [0.3, 0.4) is 0 Å². The van der Waals surface area contributed by atoms with Crippen molar-refractivity contribution in [2.75, 3.05) is 26.2 Å². The number of alkyl halides is 3. The van der Waals surface area contributed by atoms with Gasteiger partial charge in [-0.2, -0.15) is 13.2 Å². The summed E-state index contributed by atoms with van der Waals surface area (Å²) < 4.78 is 38.3. The normalized spacial score (nSPS) is 22.4. The summed E-state index contributed by atoms with van der Waals surface area (Å²) in [4.78, 5) is 29.1. The minimum Gasteiger partial charge on any atom is -0.356 e. The standard InChI is InChI=1S/C22H30F3N3O2/c23-22(24,25)18-9-7-17(8-10-18)16-28-14-5-6-19(28)21(30)27-13-4-2-1-3-12-26-20(29)11-15-27/h7-10,19H,1-6,11-16H2,(H,26,29)/t19-/m0/s1. The van der Waals surface area contributed by atoms with E-state index in [0.29, 0.717) is 32.6 Å². The molecular weight excluding hydrogens is 395 g/mol. The average Bonchev–Trinajstić information content (AvgIpc) is 3.14. The number of halogens is 3. The van der Waals surface area contributed by atoms with Gasteiger partial charge >= 0.3 is 6.18 Å². The molecule has 0 radical (unpaired) electrons. The number of likely N-dealkylation sites (tertiary alicyclic amines) is 1. The Hall–Kier alpha value is -2.09. The Morgan fingerprint density at radius 2 is 1.73 bits per heavy atom. The Morgan fingerprint density at radius 3 is 2.47 bits per heavy atom. The van der Waals surface area contributed by atoms with Gasteiger partial charge < -0.3 is 10.2 Å². The summed E-state index contributed by atoms with van der Waals surface area (Å²) in [5, 5.41) is 2.90. The third kappa shape index (κ3) is 6.20. The molecule has 2 heterocycles. The molecule has 5 nitrogen and oxygen atoms in total. The zero-order chi connectivity index (χ0) is 21.6. The fourth-order valence-corrected chi connectivity index (χ4v) is 4.21. The Bertz CT molecular complexity index is 721. The number of carbonyl (C=O) groups excluding carboxylic acids is 2. The summed E-state index contributed by atoms with van der Waals surface area (Å²) in [5.74, 6) is 0.00851. The van der Waals surface area contributed by atoms with Crippen LogP contribution in [0, 0.1) is 0 Å². The van der Waals surface area contributed by atoms with Crippen LogP contribution in [0.25, 0.3) is 0 Å². The van der Waals surface area contributed by atoms with Crippen LogP contribution >= 0.6 is 0 Å². The Labute approximate surface area is 175 Å². The third-order valence-corrected chi connectivity index (χ3v) is 5.91. The molecule has 1 N–H and O–H groups in total. The number of amides is 2. The molecule has 0 aliphatic carbocycles. The van der Waals surface area contributed by atoms with Crippen molar-refractivity contribution < 1.29 is 22.8 Å². The predicted molar refractivity (Wildman–Crippen MR) is 108 cm³/mol. The van der Waals surface area contributed by atoms with Gasteiger partial charge in [0.1, 0.15) is 0 Å². The maximum atomic E-state index is 13.2. The van der Waals surface area contributed by atoms with E-state index in [9.17, 15) is 22.8 Å². The number of hydrogen-bond acceptors (Lipinski definition) is 3. The Kier molecular flexibility index (Phi) is 7.75. The first kappa shape index (κ1) is 22.6. The Morgan fingerprint density at radius 1 is 1.00 bits per heavy atom. The molecule has 1 atom stereocenters. The molecule has 166 valence electrons.